The lowest BCUT2D eigenvalue weighted by Crippen LogP contribution is -2.44. The molecule has 0 atom stereocenters. The minimum atomic E-state index is 0.596. The van der Waals surface area contributed by atoms with Crippen LogP contribution in [0.25, 0.3) is 6.08 Å². The van der Waals surface area contributed by atoms with Crippen molar-refractivity contribution in [3.8, 4) is 0 Å². The van der Waals surface area contributed by atoms with Crippen LogP contribution in [0.3, 0.4) is 0 Å². The van der Waals surface area contributed by atoms with Crippen molar-refractivity contribution in [3.05, 3.63) is 53.1 Å². The maximum Gasteiger partial charge on any atom is 0.194 e. The fraction of sp³-hybridized carbons (Fsp3) is 0.522. The molecule has 2 aliphatic heterocycles. The molecule has 2 aliphatic rings. The van der Waals surface area contributed by atoms with Crippen LogP contribution in [0.5, 0.6) is 0 Å². The molecule has 29 heavy (non-hydrogen) atoms. The van der Waals surface area contributed by atoms with Gasteiger partial charge >= 0.3 is 0 Å². The molecule has 1 aromatic heterocycles. The average molecular weight is 393 g/mol. The van der Waals surface area contributed by atoms with Crippen LogP contribution in [0, 0.1) is 0 Å². The van der Waals surface area contributed by atoms with Crippen molar-refractivity contribution in [2.45, 2.75) is 58.5 Å². The SMILES string of the molecule is CCNC(=NCc1nnc2n1CCCCC2)N1CCC(=Cc2ccccc2)CC1. The normalized spacial score (nSPS) is 17.6. The van der Waals surface area contributed by atoms with E-state index in [1.807, 2.05) is 0 Å². The number of guanidine groups is 1. The molecule has 6 nitrogen and oxygen atoms in total. The summed E-state index contributed by atoms with van der Waals surface area (Å²) in [5, 5.41) is 12.3. The summed E-state index contributed by atoms with van der Waals surface area (Å²) < 4.78 is 2.29. The van der Waals surface area contributed by atoms with Gasteiger partial charge in [0.05, 0.1) is 0 Å². The van der Waals surface area contributed by atoms with Crippen molar-refractivity contribution in [1.29, 1.82) is 0 Å². The van der Waals surface area contributed by atoms with E-state index in [2.05, 4.69) is 68.3 Å². The standard InChI is InChI=1S/C23H32N6/c1-2-24-23(25-18-22-27-26-21-11-7-4-8-14-29(21)22)28-15-12-20(13-16-28)17-19-9-5-3-6-10-19/h3,5-6,9-10,17H,2,4,7-8,11-16,18H2,1H3,(H,24,25). The number of piperidine rings is 1. The Morgan fingerprint density at radius 2 is 1.86 bits per heavy atom. The molecule has 6 heteroatoms. The maximum absolute atomic E-state index is 4.92. The summed E-state index contributed by atoms with van der Waals surface area (Å²) in [4.78, 5) is 7.30. The maximum atomic E-state index is 4.92. The molecule has 0 bridgehead atoms. The number of aromatic nitrogens is 3. The number of fused-ring (bicyclic) bond motifs is 1. The van der Waals surface area contributed by atoms with E-state index in [1.54, 1.807) is 0 Å². The number of aliphatic imine (C=N–C) groups is 1. The van der Waals surface area contributed by atoms with Gasteiger partial charge in [0.1, 0.15) is 12.4 Å². The van der Waals surface area contributed by atoms with Crippen molar-refractivity contribution < 1.29 is 0 Å². The van der Waals surface area contributed by atoms with Crippen LogP contribution in [-0.4, -0.2) is 45.3 Å². The van der Waals surface area contributed by atoms with E-state index < -0.39 is 0 Å². The van der Waals surface area contributed by atoms with Crippen LogP contribution >= 0.6 is 0 Å². The molecule has 0 amide bonds. The highest BCUT2D eigenvalue weighted by atomic mass is 15.3. The topological polar surface area (TPSA) is 58.3 Å². The van der Waals surface area contributed by atoms with E-state index in [4.69, 9.17) is 4.99 Å². The van der Waals surface area contributed by atoms with Gasteiger partial charge in [-0.1, -0.05) is 48.4 Å². The zero-order chi connectivity index (χ0) is 19.9. The molecule has 0 aliphatic carbocycles. The Labute approximate surface area is 173 Å². The number of benzene rings is 1. The van der Waals surface area contributed by atoms with Gasteiger partial charge in [-0.25, -0.2) is 4.99 Å². The van der Waals surface area contributed by atoms with Gasteiger partial charge in [-0.3, -0.25) is 0 Å². The first kappa shape index (κ1) is 19.7. The summed E-state index contributed by atoms with van der Waals surface area (Å²) in [5.74, 6) is 3.13. The molecule has 154 valence electrons. The summed E-state index contributed by atoms with van der Waals surface area (Å²) >= 11 is 0. The number of hydrogen-bond donors (Lipinski definition) is 1. The van der Waals surface area contributed by atoms with Crippen molar-refractivity contribution in [2.24, 2.45) is 4.99 Å². The second-order valence-corrected chi connectivity index (χ2v) is 7.87. The van der Waals surface area contributed by atoms with Crippen molar-refractivity contribution in [1.82, 2.24) is 25.0 Å². The predicted molar refractivity (Wildman–Crippen MR) is 118 cm³/mol. The minimum absolute atomic E-state index is 0.596. The van der Waals surface area contributed by atoms with Crippen molar-refractivity contribution in [3.63, 3.8) is 0 Å². The van der Waals surface area contributed by atoms with E-state index in [0.29, 0.717) is 6.54 Å². The molecule has 1 aromatic carbocycles. The Morgan fingerprint density at radius 3 is 2.66 bits per heavy atom. The lowest BCUT2D eigenvalue weighted by Gasteiger charge is -2.31. The molecular formula is C23H32N6. The summed E-state index contributed by atoms with van der Waals surface area (Å²) in [6.07, 6.45) is 9.26. The zero-order valence-electron chi connectivity index (χ0n) is 17.5. The van der Waals surface area contributed by atoms with Crippen LogP contribution in [0.15, 0.2) is 40.9 Å². The van der Waals surface area contributed by atoms with Gasteiger partial charge in [0.25, 0.3) is 0 Å². The average Bonchev–Trinajstić information content (AvgIpc) is 2.98. The largest absolute Gasteiger partial charge is 0.357 e. The van der Waals surface area contributed by atoms with Crippen LogP contribution in [-0.2, 0) is 19.5 Å². The molecule has 0 spiro atoms. The van der Waals surface area contributed by atoms with Crippen LogP contribution in [0.4, 0.5) is 0 Å². The molecule has 1 fully saturated rings. The number of nitrogens with one attached hydrogen (secondary N) is 1. The van der Waals surface area contributed by atoms with Gasteiger partial charge in [-0.05, 0) is 38.2 Å². The first-order valence-electron chi connectivity index (χ1n) is 11.0. The van der Waals surface area contributed by atoms with E-state index in [1.165, 1.54) is 30.4 Å². The third kappa shape index (κ3) is 5.05. The van der Waals surface area contributed by atoms with E-state index >= 15 is 0 Å². The fourth-order valence-corrected chi connectivity index (χ4v) is 4.17. The Balaban J connectivity index is 1.41. The first-order chi connectivity index (χ1) is 14.3. The van der Waals surface area contributed by atoms with E-state index in [0.717, 1.165) is 63.0 Å². The summed E-state index contributed by atoms with van der Waals surface area (Å²) in [5.41, 5.74) is 2.81. The first-order valence-corrected chi connectivity index (χ1v) is 11.0. The van der Waals surface area contributed by atoms with Gasteiger partial charge in [0.15, 0.2) is 11.8 Å². The van der Waals surface area contributed by atoms with Gasteiger partial charge in [-0.2, -0.15) is 0 Å². The van der Waals surface area contributed by atoms with Gasteiger partial charge in [0.2, 0.25) is 0 Å². The number of nitrogens with zero attached hydrogens (tertiary/aromatic N) is 5. The number of aryl methyl sites for hydroxylation is 1. The summed E-state index contributed by atoms with van der Waals surface area (Å²) in [6.45, 7) is 6.63. The third-order valence-electron chi connectivity index (χ3n) is 5.77. The number of likely N-dealkylation sites (tertiary alicyclic amines) is 1. The summed E-state index contributed by atoms with van der Waals surface area (Å²) in [7, 11) is 0. The minimum Gasteiger partial charge on any atom is -0.357 e. The van der Waals surface area contributed by atoms with Crippen molar-refractivity contribution in [2.75, 3.05) is 19.6 Å². The van der Waals surface area contributed by atoms with E-state index in [-0.39, 0.29) is 0 Å². The van der Waals surface area contributed by atoms with Crippen molar-refractivity contribution >= 4 is 12.0 Å². The highest BCUT2D eigenvalue weighted by molar-refractivity contribution is 5.80. The van der Waals surface area contributed by atoms with Gasteiger partial charge in [0, 0.05) is 32.6 Å². The molecule has 1 saturated heterocycles. The molecule has 2 aromatic rings. The quantitative estimate of drug-likeness (QED) is 0.637. The molecule has 0 radical (unpaired) electrons. The number of hydrogen-bond acceptors (Lipinski definition) is 3. The van der Waals surface area contributed by atoms with Crippen LogP contribution in [0.1, 0.15) is 56.2 Å². The molecule has 1 N–H and O–H groups in total. The lowest BCUT2D eigenvalue weighted by molar-refractivity contribution is 0.375. The Bertz CT molecular complexity index is 842. The molecule has 0 saturated carbocycles. The van der Waals surface area contributed by atoms with Gasteiger partial charge in [-0.15, -0.1) is 10.2 Å². The Hall–Kier alpha value is -2.63. The Morgan fingerprint density at radius 1 is 1.03 bits per heavy atom. The fourth-order valence-electron chi connectivity index (χ4n) is 4.17. The summed E-state index contributed by atoms with van der Waals surface area (Å²) in [6, 6.07) is 10.6. The molecule has 3 heterocycles. The smallest absolute Gasteiger partial charge is 0.194 e. The number of rotatable bonds is 4. The highest BCUT2D eigenvalue weighted by Crippen LogP contribution is 2.20. The second-order valence-electron chi connectivity index (χ2n) is 7.87. The zero-order valence-corrected chi connectivity index (χ0v) is 17.5. The highest BCUT2D eigenvalue weighted by Gasteiger charge is 2.18. The predicted octanol–water partition coefficient (Wildman–Crippen LogP) is 3.65. The van der Waals surface area contributed by atoms with Gasteiger partial charge < -0.3 is 14.8 Å². The van der Waals surface area contributed by atoms with E-state index in [9.17, 15) is 0 Å². The third-order valence-corrected chi connectivity index (χ3v) is 5.77. The lowest BCUT2D eigenvalue weighted by atomic mass is 10.0. The molecular weight excluding hydrogens is 360 g/mol. The van der Waals surface area contributed by atoms with Crippen LogP contribution in [0.2, 0.25) is 0 Å². The Kier molecular flexibility index (Phi) is 6.60. The molecule has 4 rings (SSSR count). The van der Waals surface area contributed by atoms with Crippen LogP contribution < -0.4 is 5.32 Å². The molecule has 0 unspecified atom stereocenters. The monoisotopic (exact) mass is 392 g/mol. The second kappa shape index (κ2) is 9.72.